The van der Waals surface area contributed by atoms with E-state index < -0.39 is 0 Å². The number of benzene rings is 1. The summed E-state index contributed by atoms with van der Waals surface area (Å²) in [4.78, 5) is 13.4. The van der Waals surface area contributed by atoms with Gasteiger partial charge in [-0.25, -0.2) is 0 Å². The highest BCUT2D eigenvalue weighted by Crippen LogP contribution is 2.11. The predicted molar refractivity (Wildman–Crippen MR) is 73.5 cm³/mol. The van der Waals surface area contributed by atoms with Crippen LogP contribution in [0.2, 0.25) is 0 Å². The highest BCUT2D eigenvalue weighted by molar-refractivity contribution is 5.69. The normalized spacial score (nSPS) is 10.7. The quantitative estimate of drug-likeness (QED) is 0.726. The van der Waals surface area contributed by atoms with Crippen LogP contribution in [0, 0.1) is 13.8 Å². The summed E-state index contributed by atoms with van der Waals surface area (Å²) in [6, 6.07) is 6.58. The Labute approximate surface area is 110 Å². The molecule has 18 heavy (non-hydrogen) atoms. The second kappa shape index (κ2) is 7.17. The maximum absolute atomic E-state index is 11.1. The molecule has 0 aliphatic heterocycles. The highest BCUT2D eigenvalue weighted by atomic mass is 16.5. The molecule has 3 nitrogen and oxygen atoms in total. The van der Waals surface area contributed by atoms with E-state index in [9.17, 15) is 4.79 Å². The third-order valence-corrected chi connectivity index (χ3v) is 2.99. The first kappa shape index (κ1) is 14.7. The molecular weight excluding hydrogens is 226 g/mol. The Morgan fingerprint density at radius 3 is 2.33 bits per heavy atom. The van der Waals surface area contributed by atoms with E-state index >= 15 is 0 Å². The van der Waals surface area contributed by atoms with Crippen LogP contribution < -0.4 is 0 Å². The number of methoxy groups -OCH3 is 1. The summed E-state index contributed by atoms with van der Waals surface area (Å²) in [5.74, 6) is -0.145. The molecule has 3 heteroatoms. The smallest absolute Gasteiger partial charge is 0.306 e. The third-order valence-electron chi connectivity index (χ3n) is 2.99. The van der Waals surface area contributed by atoms with E-state index in [1.54, 1.807) is 0 Å². The molecule has 0 radical (unpaired) electrons. The predicted octanol–water partition coefficient (Wildman–Crippen LogP) is 2.69. The summed E-state index contributed by atoms with van der Waals surface area (Å²) in [7, 11) is 1.43. The van der Waals surface area contributed by atoms with E-state index in [0.717, 1.165) is 19.6 Å². The second-order valence-corrected chi connectivity index (χ2v) is 4.69. The zero-order valence-electron chi connectivity index (χ0n) is 11.8. The summed E-state index contributed by atoms with van der Waals surface area (Å²) in [6.45, 7) is 8.90. The average molecular weight is 249 g/mol. The fourth-order valence-electron chi connectivity index (χ4n) is 2.12. The van der Waals surface area contributed by atoms with Crippen LogP contribution in [0.1, 0.15) is 30.0 Å². The number of hydrogen-bond acceptors (Lipinski definition) is 3. The zero-order chi connectivity index (χ0) is 13.5. The first-order valence-corrected chi connectivity index (χ1v) is 6.41. The lowest BCUT2D eigenvalue weighted by molar-refractivity contribution is -0.141. The molecule has 0 unspecified atom stereocenters. The molecule has 0 bridgehead atoms. The van der Waals surface area contributed by atoms with Gasteiger partial charge < -0.3 is 4.74 Å². The molecular formula is C15H23NO2. The van der Waals surface area contributed by atoms with Crippen LogP contribution in [0.15, 0.2) is 18.2 Å². The summed E-state index contributed by atoms with van der Waals surface area (Å²) in [6.07, 6.45) is 0.454. The van der Waals surface area contributed by atoms with Crippen molar-refractivity contribution in [1.29, 1.82) is 0 Å². The molecule has 1 aromatic carbocycles. The van der Waals surface area contributed by atoms with Crippen molar-refractivity contribution in [3.05, 3.63) is 34.9 Å². The molecule has 0 spiro atoms. The van der Waals surface area contributed by atoms with Gasteiger partial charge in [-0.2, -0.15) is 0 Å². The number of carbonyl (C=O) groups excluding carboxylic acids is 1. The molecule has 0 saturated heterocycles. The van der Waals surface area contributed by atoms with Crippen molar-refractivity contribution in [3.8, 4) is 0 Å². The molecule has 0 heterocycles. The van der Waals surface area contributed by atoms with Gasteiger partial charge in [0, 0.05) is 13.1 Å². The third kappa shape index (κ3) is 4.88. The fourth-order valence-corrected chi connectivity index (χ4v) is 2.12. The van der Waals surface area contributed by atoms with Gasteiger partial charge in [-0.3, -0.25) is 9.69 Å². The molecule has 0 aromatic heterocycles. The van der Waals surface area contributed by atoms with Gasteiger partial charge in [-0.15, -0.1) is 0 Å². The van der Waals surface area contributed by atoms with Crippen molar-refractivity contribution in [3.63, 3.8) is 0 Å². The van der Waals surface area contributed by atoms with E-state index in [4.69, 9.17) is 0 Å². The van der Waals surface area contributed by atoms with Crippen LogP contribution in [0.4, 0.5) is 0 Å². The van der Waals surface area contributed by atoms with Crippen molar-refractivity contribution >= 4 is 5.97 Å². The fraction of sp³-hybridized carbons (Fsp3) is 0.533. The minimum atomic E-state index is -0.145. The van der Waals surface area contributed by atoms with Crippen LogP contribution in [-0.2, 0) is 16.1 Å². The maximum atomic E-state index is 11.1. The molecule has 0 fully saturated rings. The standard InChI is InChI=1S/C15H23NO2/c1-5-16(7-6-15(17)18-4)11-14-9-12(2)8-13(3)10-14/h8-10H,5-7,11H2,1-4H3. The molecule has 0 N–H and O–H groups in total. The first-order valence-electron chi connectivity index (χ1n) is 6.41. The molecule has 1 rings (SSSR count). The summed E-state index contributed by atoms with van der Waals surface area (Å²) >= 11 is 0. The van der Waals surface area contributed by atoms with Gasteiger partial charge in [0.15, 0.2) is 0 Å². The Morgan fingerprint density at radius 2 is 1.83 bits per heavy atom. The SMILES string of the molecule is CCN(CCC(=O)OC)Cc1cc(C)cc(C)c1. The Bertz CT molecular complexity index is 381. The molecule has 1 aromatic rings. The Morgan fingerprint density at radius 1 is 1.22 bits per heavy atom. The van der Waals surface area contributed by atoms with Gasteiger partial charge in [-0.1, -0.05) is 36.2 Å². The van der Waals surface area contributed by atoms with E-state index in [1.165, 1.54) is 23.8 Å². The van der Waals surface area contributed by atoms with Crippen LogP contribution in [-0.4, -0.2) is 31.1 Å². The van der Waals surface area contributed by atoms with Crippen LogP contribution >= 0.6 is 0 Å². The zero-order valence-corrected chi connectivity index (χ0v) is 11.8. The number of aryl methyl sites for hydroxylation is 2. The van der Waals surface area contributed by atoms with Crippen LogP contribution in [0.3, 0.4) is 0 Å². The summed E-state index contributed by atoms with van der Waals surface area (Å²) < 4.78 is 4.67. The van der Waals surface area contributed by atoms with Crippen molar-refractivity contribution in [2.75, 3.05) is 20.2 Å². The minimum Gasteiger partial charge on any atom is -0.469 e. The number of ether oxygens (including phenoxy) is 1. The van der Waals surface area contributed by atoms with Crippen molar-refractivity contribution in [1.82, 2.24) is 4.90 Å². The van der Waals surface area contributed by atoms with E-state index in [-0.39, 0.29) is 5.97 Å². The van der Waals surface area contributed by atoms with Gasteiger partial charge in [-0.05, 0) is 26.0 Å². The molecule has 0 aliphatic rings. The number of carbonyl (C=O) groups is 1. The number of rotatable bonds is 6. The maximum Gasteiger partial charge on any atom is 0.306 e. The molecule has 0 saturated carbocycles. The minimum absolute atomic E-state index is 0.145. The van der Waals surface area contributed by atoms with Crippen molar-refractivity contribution < 1.29 is 9.53 Å². The van der Waals surface area contributed by atoms with Gasteiger partial charge in [0.25, 0.3) is 0 Å². The average Bonchev–Trinajstić information content (AvgIpc) is 2.32. The van der Waals surface area contributed by atoms with Crippen LogP contribution in [0.5, 0.6) is 0 Å². The van der Waals surface area contributed by atoms with Gasteiger partial charge in [0.1, 0.15) is 0 Å². The van der Waals surface area contributed by atoms with Crippen molar-refractivity contribution in [2.45, 2.75) is 33.7 Å². The van der Waals surface area contributed by atoms with E-state index in [2.05, 4.69) is 48.6 Å². The number of nitrogens with zero attached hydrogens (tertiary/aromatic N) is 1. The Hall–Kier alpha value is -1.35. The number of esters is 1. The lowest BCUT2D eigenvalue weighted by atomic mass is 10.1. The monoisotopic (exact) mass is 249 g/mol. The topological polar surface area (TPSA) is 29.5 Å². The largest absolute Gasteiger partial charge is 0.469 e. The summed E-state index contributed by atoms with van der Waals surface area (Å²) in [5.41, 5.74) is 3.88. The van der Waals surface area contributed by atoms with Crippen LogP contribution in [0.25, 0.3) is 0 Å². The summed E-state index contributed by atoms with van der Waals surface area (Å²) in [5, 5.41) is 0. The number of hydrogen-bond donors (Lipinski definition) is 0. The lowest BCUT2D eigenvalue weighted by Gasteiger charge is -2.20. The van der Waals surface area contributed by atoms with Gasteiger partial charge in [0.2, 0.25) is 0 Å². The molecule has 0 amide bonds. The Balaban J connectivity index is 2.59. The molecule has 0 aliphatic carbocycles. The lowest BCUT2D eigenvalue weighted by Crippen LogP contribution is -2.26. The molecule has 0 atom stereocenters. The van der Waals surface area contributed by atoms with E-state index in [0.29, 0.717) is 6.42 Å². The first-order chi connectivity index (χ1) is 8.55. The van der Waals surface area contributed by atoms with Gasteiger partial charge >= 0.3 is 5.97 Å². The van der Waals surface area contributed by atoms with Crippen molar-refractivity contribution in [2.24, 2.45) is 0 Å². The Kier molecular flexibility index (Phi) is 5.86. The van der Waals surface area contributed by atoms with Gasteiger partial charge in [0.05, 0.1) is 13.5 Å². The second-order valence-electron chi connectivity index (χ2n) is 4.69. The van der Waals surface area contributed by atoms with E-state index in [1.807, 2.05) is 0 Å². The highest BCUT2D eigenvalue weighted by Gasteiger charge is 2.08. The molecule has 100 valence electrons.